The molecule has 0 aliphatic carbocycles. The summed E-state index contributed by atoms with van der Waals surface area (Å²) in [5.74, 6) is 0.540. The molecule has 0 aliphatic rings. The quantitative estimate of drug-likeness (QED) is 0.513. The second kappa shape index (κ2) is 7.49. The van der Waals surface area contributed by atoms with Crippen molar-refractivity contribution < 1.29 is 4.79 Å². The molecule has 25 heavy (non-hydrogen) atoms. The number of carbonyl (C=O) groups excluding carboxylic acids is 1. The van der Waals surface area contributed by atoms with Crippen LogP contribution in [-0.2, 0) is 13.0 Å². The van der Waals surface area contributed by atoms with Crippen LogP contribution in [0.1, 0.15) is 27.6 Å². The second-order valence-electron chi connectivity index (χ2n) is 5.31. The van der Waals surface area contributed by atoms with Crippen LogP contribution in [0.25, 0.3) is 0 Å². The van der Waals surface area contributed by atoms with Gasteiger partial charge in [-0.2, -0.15) is 5.10 Å². The predicted molar refractivity (Wildman–Crippen MR) is 99.5 cm³/mol. The van der Waals surface area contributed by atoms with Crippen molar-refractivity contribution in [3.8, 4) is 0 Å². The molecule has 0 aliphatic heterocycles. The van der Waals surface area contributed by atoms with Crippen molar-refractivity contribution in [3.63, 3.8) is 0 Å². The number of allylic oxidation sites excluding steroid dienone is 1. The minimum absolute atomic E-state index is 0.234. The first-order chi connectivity index (χ1) is 12.1. The highest BCUT2D eigenvalue weighted by molar-refractivity contribution is 7.71. The summed E-state index contributed by atoms with van der Waals surface area (Å²) in [6.45, 7) is 6.17. The lowest BCUT2D eigenvalue weighted by atomic mass is 10.2. The number of anilines is 1. The maximum atomic E-state index is 12.2. The smallest absolute Gasteiger partial charge is 0.259 e. The maximum Gasteiger partial charge on any atom is 0.259 e. The van der Waals surface area contributed by atoms with Gasteiger partial charge in [-0.3, -0.25) is 24.8 Å². The molecule has 0 saturated heterocycles. The fourth-order valence-electron chi connectivity index (χ4n) is 2.18. The SMILES string of the molecule is C=CCn1c(Cc2csc(NC(=O)c3ccc(C)nc3)n2)n[nH]c1=S. The van der Waals surface area contributed by atoms with E-state index in [1.54, 1.807) is 24.4 Å². The first-order valence-electron chi connectivity index (χ1n) is 7.50. The van der Waals surface area contributed by atoms with Crippen LogP contribution < -0.4 is 5.32 Å². The number of rotatable bonds is 6. The Balaban J connectivity index is 1.70. The summed E-state index contributed by atoms with van der Waals surface area (Å²) in [5, 5.41) is 12.2. The van der Waals surface area contributed by atoms with Crippen molar-refractivity contribution in [1.29, 1.82) is 0 Å². The Bertz CT molecular complexity index is 954. The van der Waals surface area contributed by atoms with E-state index in [2.05, 4.69) is 32.1 Å². The first-order valence-corrected chi connectivity index (χ1v) is 8.79. The van der Waals surface area contributed by atoms with Crippen molar-refractivity contribution >= 4 is 34.6 Å². The van der Waals surface area contributed by atoms with E-state index < -0.39 is 0 Å². The van der Waals surface area contributed by atoms with Crippen LogP contribution in [-0.4, -0.2) is 30.6 Å². The Morgan fingerprint density at radius 2 is 2.36 bits per heavy atom. The number of aryl methyl sites for hydroxylation is 1. The molecule has 128 valence electrons. The number of aromatic amines is 1. The van der Waals surface area contributed by atoms with E-state index in [0.29, 0.717) is 28.4 Å². The van der Waals surface area contributed by atoms with Crippen LogP contribution in [0.15, 0.2) is 36.4 Å². The Hall–Kier alpha value is -2.65. The highest BCUT2D eigenvalue weighted by Crippen LogP contribution is 2.18. The van der Waals surface area contributed by atoms with E-state index >= 15 is 0 Å². The van der Waals surface area contributed by atoms with Gasteiger partial charge in [-0.15, -0.1) is 17.9 Å². The maximum absolute atomic E-state index is 12.2. The summed E-state index contributed by atoms with van der Waals surface area (Å²) in [5.41, 5.74) is 2.16. The Morgan fingerprint density at radius 3 is 3.08 bits per heavy atom. The van der Waals surface area contributed by atoms with Gasteiger partial charge in [-0.1, -0.05) is 6.08 Å². The topological polar surface area (TPSA) is 88.5 Å². The molecule has 7 nitrogen and oxygen atoms in total. The van der Waals surface area contributed by atoms with E-state index in [-0.39, 0.29) is 5.91 Å². The second-order valence-corrected chi connectivity index (χ2v) is 6.55. The molecule has 3 rings (SSSR count). The number of nitrogens with zero attached hydrogens (tertiary/aromatic N) is 4. The van der Waals surface area contributed by atoms with Crippen LogP contribution in [0.5, 0.6) is 0 Å². The van der Waals surface area contributed by atoms with Gasteiger partial charge in [0.05, 0.1) is 17.7 Å². The molecule has 3 aromatic rings. The molecular weight excluding hydrogens is 356 g/mol. The highest BCUT2D eigenvalue weighted by Gasteiger charge is 2.12. The molecule has 0 aromatic carbocycles. The zero-order valence-corrected chi connectivity index (χ0v) is 15.2. The molecule has 0 atom stereocenters. The number of thiazole rings is 1. The van der Waals surface area contributed by atoms with Crippen molar-refractivity contribution in [2.45, 2.75) is 19.9 Å². The fraction of sp³-hybridized carbons (Fsp3) is 0.188. The molecule has 9 heteroatoms. The van der Waals surface area contributed by atoms with E-state index in [9.17, 15) is 4.79 Å². The van der Waals surface area contributed by atoms with Crippen LogP contribution >= 0.6 is 23.6 Å². The first kappa shape index (κ1) is 17.2. The summed E-state index contributed by atoms with van der Waals surface area (Å²) in [7, 11) is 0. The zero-order chi connectivity index (χ0) is 17.8. The Morgan fingerprint density at radius 1 is 1.52 bits per heavy atom. The molecule has 2 N–H and O–H groups in total. The van der Waals surface area contributed by atoms with Gasteiger partial charge in [0.15, 0.2) is 9.90 Å². The highest BCUT2D eigenvalue weighted by atomic mass is 32.1. The zero-order valence-electron chi connectivity index (χ0n) is 13.5. The van der Waals surface area contributed by atoms with Crippen LogP contribution in [0.4, 0.5) is 5.13 Å². The number of H-pyrrole nitrogens is 1. The molecule has 0 bridgehead atoms. The molecule has 0 fully saturated rings. The lowest BCUT2D eigenvalue weighted by molar-refractivity contribution is 0.102. The lowest BCUT2D eigenvalue weighted by Crippen LogP contribution is -2.12. The third-order valence-corrected chi connectivity index (χ3v) is 4.55. The minimum atomic E-state index is -0.234. The standard InChI is InChI=1S/C16H16N6OS2/c1-3-6-22-13(20-21-16(22)24)7-12-9-25-15(18-12)19-14(23)11-5-4-10(2)17-8-11/h3-5,8-9H,1,6-7H2,2H3,(H,21,24)(H,18,19,23). The van der Waals surface area contributed by atoms with Crippen molar-refractivity contribution in [2.75, 3.05) is 5.32 Å². The van der Waals surface area contributed by atoms with E-state index in [4.69, 9.17) is 12.2 Å². The van der Waals surface area contributed by atoms with Gasteiger partial charge in [-0.25, -0.2) is 4.98 Å². The molecule has 0 saturated carbocycles. The molecule has 0 unspecified atom stereocenters. The van der Waals surface area contributed by atoms with Gasteiger partial charge in [0, 0.05) is 23.8 Å². The van der Waals surface area contributed by atoms with Crippen LogP contribution in [0, 0.1) is 11.7 Å². The van der Waals surface area contributed by atoms with Crippen molar-refractivity contribution in [2.24, 2.45) is 0 Å². The number of aromatic nitrogens is 5. The fourth-order valence-corrected chi connectivity index (χ4v) is 3.11. The summed E-state index contributed by atoms with van der Waals surface area (Å²) in [4.78, 5) is 20.8. The van der Waals surface area contributed by atoms with Gasteiger partial charge in [0.2, 0.25) is 0 Å². The number of pyridine rings is 1. The average Bonchev–Trinajstić information content (AvgIpc) is 3.17. The Kier molecular flexibility index (Phi) is 5.15. The van der Waals surface area contributed by atoms with Gasteiger partial charge < -0.3 is 0 Å². The lowest BCUT2D eigenvalue weighted by Gasteiger charge is -2.02. The molecule has 3 aromatic heterocycles. The Labute approximate surface area is 153 Å². The summed E-state index contributed by atoms with van der Waals surface area (Å²) >= 11 is 6.56. The molecule has 0 spiro atoms. The number of hydrogen-bond donors (Lipinski definition) is 2. The minimum Gasteiger partial charge on any atom is -0.300 e. The number of amides is 1. The van der Waals surface area contributed by atoms with Gasteiger partial charge in [-0.05, 0) is 31.3 Å². The van der Waals surface area contributed by atoms with E-state index in [1.165, 1.54) is 11.3 Å². The van der Waals surface area contributed by atoms with Crippen LogP contribution in [0.3, 0.4) is 0 Å². The van der Waals surface area contributed by atoms with Gasteiger partial charge >= 0.3 is 0 Å². The van der Waals surface area contributed by atoms with E-state index in [0.717, 1.165) is 17.2 Å². The van der Waals surface area contributed by atoms with E-state index in [1.807, 2.05) is 16.9 Å². The average molecular weight is 372 g/mol. The molecule has 0 radical (unpaired) electrons. The van der Waals surface area contributed by atoms with Crippen molar-refractivity contribution in [3.05, 3.63) is 63.9 Å². The molecular formula is C16H16N6OS2. The van der Waals surface area contributed by atoms with Gasteiger partial charge in [0.25, 0.3) is 5.91 Å². The predicted octanol–water partition coefficient (Wildman–Crippen LogP) is 3.13. The third-order valence-electron chi connectivity index (χ3n) is 3.43. The van der Waals surface area contributed by atoms with Crippen molar-refractivity contribution in [1.82, 2.24) is 24.7 Å². The number of nitrogens with one attached hydrogen (secondary N) is 2. The number of hydrogen-bond acceptors (Lipinski definition) is 6. The summed E-state index contributed by atoms with van der Waals surface area (Å²) < 4.78 is 2.41. The normalized spacial score (nSPS) is 10.6. The number of carbonyl (C=O) groups is 1. The third kappa shape index (κ3) is 4.06. The van der Waals surface area contributed by atoms with Gasteiger partial charge in [0.1, 0.15) is 5.82 Å². The summed E-state index contributed by atoms with van der Waals surface area (Å²) in [6, 6.07) is 3.53. The summed E-state index contributed by atoms with van der Waals surface area (Å²) in [6.07, 6.45) is 3.82. The largest absolute Gasteiger partial charge is 0.300 e. The molecule has 1 amide bonds. The monoisotopic (exact) mass is 372 g/mol. The molecule has 3 heterocycles. The van der Waals surface area contributed by atoms with Crippen LogP contribution in [0.2, 0.25) is 0 Å².